The molecule has 2 aromatic carbocycles. The number of benzene rings is 2. The molecule has 0 fully saturated rings. The van der Waals surface area contributed by atoms with Crippen LogP contribution in [0, 0.1) is 0 Å². The molecule has 2 heterocycles. The Morgan fingerprint density at radius 1 is 1.19 bits per heavy atom. The minimum atomic E-state index is -0.475. The smallest absolute Gasteiger partial charge is 0.316 e. The van der Waals surface area contributed by atoms with Gasteiger partial charge in [-0.3, -0.25) is 4.79 Å². The normalized spacial score (nSPS) is 12.0. The van der Waals surface area contributed by atoms with E-state index in [4.69, 9.17) is 30.3 Å². The van der Waals surface area contributed by atoms with E-state index in [9.17, 15) is 4.79 Å². The number of carbonyl (C=O) groups excluding carboxylic acids is 1. The van der Waals surface area contributed by atoms with Crippen LogP contribution in [0.5, 0.6) is 17.2 Å². The van der Waals surface area contributed by atoms with Gasteiger partial charge < -0.3 is 24.1 Å². The number of aromatic nitrogens is 2. The molecule has 138 valence electrons. The van der Waals surface area contributed by atoms with E-state index in [1.807, 2.05) is 12.1 Å². The molecular formula is C18H14ClN3O5. The summed E-state index contributed by atoms with van der Waals surface area (Å²) in [6.45, 7) is 0.535. The summed E-state index contributed by atoms with van der Waals surface area (Å²) >= 11 is 5.91. The number of hydrogen-bond donors (Lipinski definition) is 1. The van der Waals surface area contributed by atoms with Gasteiger partial charge in [0.15, 0.2) is 18.1 Å². The summed E-state index contributed by atoms with van der Waals surface area (Å²) < 4.78 is 21.1. The molecule has 0 aliphatic carbocycles. The van der Waals surface area contributed by atoms with E-state index < -0.39 is 5.91 Å². The zero-order valence-corrected chi connectivity index (χ0v) is 14.7. The van der Waals surface area contributed by atoms with Gasteiger partial charge in [-0.25, -0.2) is 0 Å². The third kappa shape index (κ3) is 4.12. The first-order valence-corrected chi connectivity index (χ1v) is 8.43. The van der Waals surface area contributed by atoms with Crippen molar-refractivity contribution in [3.63, 3.8) is 0 Å². The SMILES string of the molecule is O=C(NCc1cccc(Cl)c1)c1nc(COc2ccc3c(c2)OCO3)no1. The Balaban J connectivity index is 1.32. The van der Waals surface area contributed by atoms with E-state index in [1.165, 1.54) is 0 Å². The van der Waals surface area contributed by atoms with Gasteiger partial charge in [0.25, 0.3) is 0 Å². The molecule has 1 N–H and O–H groups in total. The van der Waals surface area contributed by atoms with Crippen molar-refractivity contribution in [1.82, 2.24) is 15.5 Å². The van der Waals surface area contributed by atoms with E-state index >= 15 is 0 Å². The number of carbonyl (C=O) groups is 1. The van der Waals surface area contributed by atoms with Crippen molar-refractivity contribution in [2.24, 2.45) is 0 Å². The second-order valence-electron chi connectivity index (χ2n) is 5.63. The minimum Gasteiger partial charge on any atom is -0.485 e. The highest BCUT2D eigenvalue weighted by atomic mass is 35.5. The van der Waals surface area contributed by atoms with Crippen LogP contribution >= 0.6 is 11.6 Å². The highest BCUT2D eigenvalue weighted by Crippen LogP contribution is 2.35. The van der Waals surface area contributed by atoms with Crippen LogP contribution in [0.15, 0.2) is 47.0 Å². The molecule has 9 heteroatoms. The number of fused-ring (bicyclic) bond motifs is 1. The first kappa shape index (κ1) is 17.2. The standard InChI is InChI=1S/C18H14ClN3O5/c19-12-3-1-2-11(6-12)8-20-17(23)18-21-16(22-27-18)9-24-13-4-5-14-15(7-13)26-10-25-14/h1-7H,8-10H2,(H,20,23). The van der Waals surface area contributed by atoms with Crippen LogP contribution in [-0.2, 0) is 13.2 Å². The summed E-state index contributed by atoms with van der Waals surface area (Å²) in [5, 5.41) is 7.04. The average molecular weight is 388 g/mol. The third-order valence-corrected chi connectivity index (χ3v) is 3.95. The Morgan fingerprint density at radius 2 is 2.07 bits per heavy atom. The van der Waals surface area contributed by atoms with Gasteiger partial charge in [0.05, 0.1) is 0 Å². The van der Waals surface area contributed by atoms with Crippen molar-refractivity contribution >= 4 is 17.5 Å². The molecule has 0 unspecified atom stereocenters. The summed E-state index contributed by atoms with van der Waals surface area (Å²) in [5.74, 6) is 1.48. The fourth-order valence-corrected chi connectivity index (χ4v) is 2.64. The van der Waals surface area contributed by atoms with Gasteiger partial charge in [-0.2, -0.15) is 4.98 Å². The zero-order valence-electron chi connectivity index (χ0n) is 14.0. The van der Waals surface area contributed by atoms with Crippen LogP contribution < -0.4 is 19.5 Å². The Hall–Kier alpha value is -3.26. The van der Waals surface area contributed by atoms with Crippen LogP contribution in [0.1, 0.15) is 22.1 Å². The molecule has 1 aliphatic rings. The minimum absolute atomic E-state index is 0.0463. The lowest BCUT2D eigenvalue weighted by Gasteiger charge is -2.04. The Bertz CT molecular complexity index is 975. The van der Waals surface area contributed by atoms with Crippen molar-refractivity contribution < 1.29 is 23.5 Å². The average Bonchev–Trinajstić information content (AvgIpc) is 3.33. The van der Waals surface area contributed by atoms with E-state index in [2.05, 4.69) is 15.5 Å². The van der Waals surface area contributed by atoms with E-state index in [0.717, 1.165) is 5.56 Å². The van der Waals surface area contributed by atoms with Crippen LogP contribution in [0.3, 0.4) is 0 Å². The lowest BCUT2D eigenvalue weighted by atomic mass is 10.2. The molecule has 0 bridgehead atoms. The first-order chi connectivity index (χ1) is 13.2. The van der Waals surface area contributed by atoms with E-state index in [-0.39, 0.29) is 25.1 Å². The molecule has 27 heavy (non-hydrogen) atoms. The van der Waals surface area contributed by atoms with Gasteiger partial charge in [-0.1, -0.05) is 28.9 Å². The highest BCUT2D eigenvalue weighted by molar-refractivity contribution is 6.30. The van der Waals surface area contributed by atoms with Gasteiger partial charge in [0.2, 0.25) is 12.6 Å². The monoisotopic (exact) mass is 387 g/mol. The predicted octanol–water partition coefficient (Wildman–Crippen LogP) is 2.96. The van der Waals surface area contributed by atoms with Gasteiger partial charge in [0.1, 0.15) is 5.75 Å². The van der Waals surface area contributed by atoms with Gasteiger partial charge in [0, 0.05) is 17.6 Å². The maximum atomic E-state index is 12.1. The molecular weight excluding hydrogens is 374 g/mol. The first-order valence-electron chi connectivity index (χ1n) is 8.05. The topological polar surface area (TPSA) is 95.7 Å². The van der Waals surface area contributed by atoms with Gasteiger partial charge in [-0.05, 0) is 29.8 Å². The molecule has 0 atom stereocenters. The number of amides is 1. The molecule has 4 rings (SSSR count). The Kier molecular flexibility index (Phi) is 4.80. The zero-order chi connectivity index (χ0) is 18.6. The summed E-state index contributed by atoms with van der Waals surface area (Å²) in [4.78, 5) is 16.1. The Labute approximate surface area is 159 Å². The molecule has 1 amide bonds. The van der Waals surface area contributed by atoms with Crippen molar-refractivity contribution in [2.45, 2.75) is 13.2 Å². The lowest BCUT2D eigenvalue weighted by molar-refractivity contribution is 0.0907. The second-order valence-corrected chi connectivity index (χ2v) is 6.07. The van der Waals surface area contributed by atoms with Crippen LogP contribution in [-0.4, -0.2) is 22.8 Å². The maximum Gasteiger partial charge on any atom is 0.316 e. The largest absolute Gasteiger partial charge is 0.485 e. The molecule has 1 aromatic heterocycles. The third-order valence-electron chi connectivity index (χ3n) is 3.72. The van der Waals surface area contributed by atoms with Crippen LogP contribution in [0.25, 0.3) is 0 Å². The summed E-state index contributed by atoms with van der Waals surface area (Å²) in [6.07, 6.45) is 0. The molecule has 0 spiro atoms. The number of nitrogens with one attached hydrogen (secondary N) is 1. The number of ether oxygens (including phenoxy) is 3. The molecule has 0 saturated carbocycles. The molecule has 0 radical (unpaired) electrons. The van der Waals surface area contributed by atoms with Crippen LogP contribution in [0.2, 0.25) is 5.02 Å². The molecule has 8 nitrogen and oxygen atoms in total. The second kappa shape index (κ2) is 7.55. The summed E-state index contributed by atoms with van der Waals surface area (Å²) in [5.41, 5.74) is 0.863. The summed E-state index contributed by atoms with van der Waals surface area (Å²) in [7, 11) is 0. The van der Waals surface area contributed by atoms with Crippen molar-refractivity contribution in [1.29, 1.82) is 0 Å². The molecule has 1 aliphatic heterocycles. The fourth-order valence-electron chi connectivity index (χ4n) is 2.42. The lowest BCUT2D eigenvalue weighted by Crippen LogP contribution is -2.23. The number of rotatable bonds is 6. The van der Waals surface area contributed by atoms with E-state index in [0.29, 0.717) is 28.8 Å². The number of hydrogen-bond acceptors (Lipinski definition) is 7. The fraction of sp³-hybridized carbons (Fsp3) is 0.167. The predicted molar refractivity (Wildman–Crippen MR) is 93.8 cm³/mol. The van der Waals surface area contributed by atoms with Crippen LogP contribution in [0.4, 0.5) is 0 Å². The number of halogens is 1. The van der Waals surface area contributed by atoms with Gasteiger partial charge in [-0.15, -0.1) is 0 Å². The highest BCUT2D eigenvalue weighted by Gasteiger charge is 2.17. The summed E-state index contributed by atoms with van der Waals surface area (Å²) in [6, 6.07) is 12.4. The van der Waals surface area contributed by atoms with Crippen molar-refractivity contribution in [2.75, 3.05) is 6.79 Å². The quantitative estimate of drug-likeness (QED) is 0.694. The Morgan fingerprint density at radius 3 is 2.96 bits per heavy atom. The van der Waals surface area contributed by atoms with Gasteiger partial charge >= 0.3 is 11.8 Å². The van der Waals surface area contributed by atoms with Crippen molar-refractivity contribution in [3.8, 4) is 17.2 Å². The van der Waals surface area contributed by atoms with Crippen molar-refractivity contribution in [3.05, 3.63) is 64.8 Å². The molecule has 0 saturated heterocycles. The molecule has 3 aromatic rings. The van der Waals surface area contributed by atoms with E-state index in [1.54, 1.807) is 30.3 Å². The maximum absolute atomic E-state index is 12.1. The number of nitrogens with zero attached hydrogens (tertiary/aromatic N) is 2.